The van der Waals surface area contributed by atoms with Crippen LogP contribution in [-0.4, -0.2) is 89.7 Å². The van der Waals surface area contributed by atoms with E-state index >= 15 is 0 Å². The van der Waals surface area contributed by atoms with Crippen LogP contribution >= 0.6 is 0 Å². The van der Waals surface area contributed by atoms with E-state index in [9.17, 15) is 21.9 Å². The summed E-state index contributed by atoms with van der Waals surface area (Å²) < 4.78 is 70.6. The van der Waals surface area contributed by atoms with Gasteiger partial charge < -0.3 is 30.4 Å². The minimum absolute atomic E-state index is 0.00160. The van der Waals surface area contributed by atoms with Gasteiger partial charge in [-0.25, -0.2) is 16.8 Å². The van der Waals surface area contributed by atoms with Crippen LogP contribution in [0.1, 0.15) is 31.7 Å². The molecule has 1 spiro atoms. The number of aliphatic hydroxyl groups is 1. The molecule has 2 heterocycles. The Morgan fingerprint density at radius 3 is 2.41 bits per heavy atom. The van der Waals surface area contributed by atoms with Crippen molar-refractivity contribution < 1.29 is 36.2 Å². The Morgan fingerprint density at radius 1 is 1.02 bits per heavy atom. The van der Waals surface area contributed by atoms with Gasteiger partial charge in [0, 0.05) is 38.5 Å². The number of nitrogens with zero attached hydrogens (tertiary/aromatic N) is 1. The van der Waals surface area contributed by atoms with Crippen LogP contribution in [0.5, 0.6) is 11.5 Å². The number of hydrogen-bond donors (Lipinski definition) is 3. The van der Waals surface area contributed by atoms with Gasteiger partial charge in [0.15, 0.2) is 9.84 Å². The van der Waals surface area contributed by atoms with E-state index in [2.05, 4.69) is 5.32 Å². The first-order chi connectivity index (χ1) is 21.9. The summed E-state index contributed by atoms with van der Waals surface area (Å²) in [7, 11) is -7.20. The lowest BCUT2D eigenvalue weighted by atomic mass is 9.88. The van der Waals surface area contributed by atoms with E-state index in [4.69, 9.17) is 19.9 Å². The van der Waals surface area contributed by atoms with Gasteiger partial charge in [-0.3, -0.25) is 0 Å². The van der Waals surface area contributed by atoms with Crippen molar-refractivity contribution in [3.63, 3.8) is 0 Å². The Morgan fingerprint density at radius 2 is 1.74 bits per heavy atom. The fraction of sp³-hybridized carbons (Fsp3) is 0.455. The van der Waals surface area contributed by atoms with Crippen molar-refractivity contribution in [3.05, 3.63) is 72.3 Å². The van der Waals surface area contributed by atoms with Crippen molar-refractivity contribution in [2.24, 2.45) is 5.73 Å². The van der Waals surface area contributed by atoms with Crippen LogP contribution in [0, 0.1) is 0 Å². The Bertz CT molecular complexity index is 1710. The molecule has 5 rings (SSSR count). The topological polar surface area (TPSA) is 157 Å². The minimum atomic E-state index is -3.84. The molecule has 2 unspecified atom stereocenters. The second kappa shape index (κ2) is 14.4. The number of aliphatic hydroxyl groups excluding tert-OH is 1. The molecule has 13 heteroatoms. The molecule has 0 aromatic heterocycles. The van der Waals surface area contributed by atoms with Gasteiger partial charge in [-0.15, -0.1) is 0 Å². The second-order valence-corrected chi connectivity index (χ2v) is 15.8. The lowest BCUT2D eigenvalue weighted by molar-refractivity contribution is -0.0312. The van der Waals surface area contributed by atoms with Gasteiger partial charge in [0.05, 0.1) is 23.7 Å². The molecule has 2 saturated heterocycles. The molecule has 0 amide bonds. The van der Waals surface area contributed by atoms with Gasteiger partial charge >= 0.3 is 0 Å². The number of ether oxygens (including phenoxy) is 3. The Balaban J connectivity index is 1.16. The first-order valence-electron chi connectivity index (χ1n) is 15.5. The summed E-state index contributed by atoms with van der Waals surface area (Å²) in [4.78, 5) is 0.304. The molecular formula is C33H43N3O8S2. The van der Waals surface area contributed by atoms with Crippen LogP contribution in [-0.2, 0) is 31.1 Å². The molecule has 2 aliphatic heterocycles. The summed E-state index contributed by atoms with van der Waals surface area (Å²) in [6, 6.07) is 19.2. The zero-order valence-electron chi connectivity index (χ0n) is 26.2. The maximum atomic E-state index is 14.0. The van der Waals surface area contributed by atoms with Crippen molar-refractivity contribution in [2.45, 2.75) is 60.3 Å². The average molecular weight is 674 g/mol. The van der Waals surface area contributed by atoms with Crippen LogP contribution in [0.2, 0.25) is 0 Å². The zero-order chi connectivity index (χ0) is 33.0. The van der Waals surface area contributed by atoms with E-state index in [0.717, 1.165) is 22.9 Å². The predicted octanol–water partition coefficient (Wildman–Crippen LogP) is 2.96. The highest BCUT2D eigenvalue weighted by molar-refractivity contribution is 7.90. The van der Waals surface area contributed by atoms with E-state index in [1.807, 2.05) is 37.3 Å². The average Bonchev–Trinajstić information content (AvgIpc) is 3.45. The highest BCUT2D eigenvalue weighted by atomic mass is 32.2. The van der Waals surface area contributed by atoms with Crippen LogP contribution < -0.4 is 20.5 Å². The minimum Gasteiger partial charge on any atom is -0.492 e. The van der Waals surface area contributed by atoms with Crippen molar-refractivity contribution in [1.29, 1.82) is 0 Å². The summed E-state index contributed by atoms with van der Waals surface area (Å²) in [5.74, 6) is 0.699. The summed E-state index contributed by atoms with van der Waals surface area (Å²) in [6.45, 7) is 3.96. The van der Waals surface area contributed by atoms with Crippen LogP contribution in [0.25, 0.3) is 11.1 Å². The number of hydrogen-bond acceptors (Lipinski definition) is 10. The number of nitrogens with two attached hydrogens (primary N) is 1. The molecule has 2 atom stereocenters. The number of sulfonamides is 1. The Labute approximate surface area is 271 Å². The van der Waals surface area contributed by atoms with Crippen molar-refractivity contribution in [3.8, 4) is 22.6 Å². The third kappa shape index (κ3) is 8.08. The van der Waals surface area contributed by atoms with Crippen molar-refractivity contribution in [1.82, 2.24) is 9.62 Å². The molecule has 3 aromatic rings. The summed E-state index contributed by atoms with van der Waals surface area (Å²) in [6.07, 6.45) is 2.11. The Kier molecular flexibility index (Phi) is 10.7. The molecule has 4 N–H and O–H groups in total. The standard InChI is InChI=1S/C33H43N3O8S2/c1-3-42-31-12-11-26(25-9-7-24(20-34)8-10-25)17-32(31)46(40,41)36-15-13-33(14-16-36)19-27(22-44-33)35-21-28(37)23-43-29-5-4-6-30(18-29)45(2,38)39/h4-12,17-18,27-28,35,37H,3,13-16,19-23,34H2,1-2H3. The van der Waals surface area contributed by atoms with E-state index in [1.165, 1.54) is 16.4 Å². The van der Waals surface area contributed by atoms with Gasteiger partial charge in [-0.05, 0) is 73.2 Å². The molecule has 250 valence electrons. The normalized spacial score (nSPS) is 19.3. The molecule has 0 saturated carbocycles. The van der Waals surface area contributed by atoms with Gasteiger partial charge in [0.2, 0.25) is 10.0 Å². The first kappa shape index (κ1) is 34.3. The third-order valence-corrected chi connectivity index (χ3v) is 11.6. The smallest absolute Gasteiger partial charge is 0.246 e. The van der Waals surface area contributed by atoms with Gasteiger partial charge in [0.25, 0.3) is 0 Å². The summed E-state index contributed by atoms with van der Waals surface area (Å²) in [5, 5.41) is 13.8. The maximum absolute atomic E-state index is 14.0. The lowest BCUT2D eigenvalue weighted by Crippen LogP contribution is -2.47. The zero-order valence-corrected chi connectivity index (χ0v) is 27.9. The van der Waals surface area contributed by atoms with Gasteiger partial charge in [0.1, 0.15) is 29.1 Å². The van der Waals surface area contributed by atoms with Crippen molar-refractivity contribution >= 4 is 19.9 Å². The summed E-state index contributed by atoms with van der Waals surface area (Å²) in [5.41, 5.74) is 7.97. The highest BCUT2D eigenvalue weighted by Crippen LogP contribution is 2.39. The SMILES string of the molecule is CCOc1ccc(-c2ccc(CN)cc2)cc1S(=O)(=O)N1CCC2(CC1)CC(NCC(O)COc1cccc(S(C)(=O)=O)c1)CO2. The molecule has 2 aliphatic rings. The van der Waals surface area contributed by atoms with E-state index < -0.39 is 31.6 Å². The molecule has 0 radical (unpaired) electrons. The van der Waals surface area contributed by atoms with E-state index in [1.54, 1.807) is 24.3 Å². The van der Waals surface area contributed by atoms with E-state index in [-0.39, 0.29) is 29.0 Å². The molecule has 0 aliphatic carbocycles. The largest absolute Gasteiger partial charge is 0.492 e. The summed E-state index contributed by atoms with van der Waals surface area (Å²) >= 11 is 0. The fourth-order valence-corrected chi connectivity index (χ4v) is 8.20. The van der Waals surface area contributed by atoms with Crippen LogP contribution in [0.15, 0.2) is 76.5 Å². The molecule has 11 nitrogen and oxygen atoms in total. The molecule has 3 aromatic carbocycles. The number of benzene rings is 3. The quantitative estimate of drug-likeness (QED) is 0.247. The first-order valence-corrected chi connectivity index (χ1v) is 18.8. The van der Waals surface area contributed by atoms with Crippen LogP contribution in [0.4, 0.5) is 0 Å². The van der Waals surface area contributed by atoms with E-state index in [0.29, 0.717) is 63.6 Å². The fourth-order valence-electron chi connectivity index (χ4n) is 5.94. The number of piperidine rings is 1. The number of sulfone groups is 1. The maximum Gasteiger partial charge on any atom is 0.246 e. The highest BCUT2D eigenvalue weighted by Gasteiger charge is 2.45. The number of rotatable bonds is 13. The monoisotopic (exact) mass is 673 g/mol. The lowest BCUT2D eigenvalue weighted by Gasteiger charge is -2.38. The Hall–Kier alpha value is -3.04. The van der Waals surface area contributed by atoms with Gasteiger partial charge in [-0.2, -0.15) is 4.31 Å². The molecule has 2 fully saturated rings. The van der Waals surface area contributed by atoms with Crippen LogP contribution in [0.3, 0.4) is 0 Å². The molecule has 46 heavy (non-hydrogen) atoms. The number of nitrogens with one attached hydrogen (secondary N) is 1. The van der Waals surface area contributed by atoms with Crippen molar-refractivity contribution in [2.75, 3.05) is 45.7 Å². The predicted molar refractivity (Wildman–Crippen MR) is 175 cm³/mol. The van der Waals surface area contributed by atoms with Gasteiger partial charge in [-0.1, -0.05) is 36.4 Å². The third-order valence-electron chi connectivity index (χ3n) is 8.55. The molecular weight excluding hydrogens is 631 g/mol. The second-order valence-electron chi connectivity index (χ2n) is 11.9. The molecule has 0 bridgehead atoms.